The predicted octanol–water partition coefficient (Wildman–Crippen LogP) is 1.16. The molecule has 0 unspecified atom stereocenters. The third-order valence-corrected chi connectivity index (χ3v) is 2.17. The number of hydrogen-bond acceptors (Lipinski definition) is 4. The molecular formula is C10H13N3O2S. The molecule has 0 atom stereocenters. The van der Waals surface area contributed by atoms with Crippen LogP contribution in [0.1, 0.15) is 13.8 Å². The first-order valence-corrected chi connectivity index (χ1v) is 5.65. The van der Waals surface area contributed by atoms with E-state index >= 15 is 0 Å². The number of aromatic nitrogens is 1. The van der Waals surface area contributed by atoms with E-state index in [9.17, 15) is 9.59 Å². The molecular weight excluding hydrogens is 226 g/mol. The van der Waals surface area contributed by atoms with Crippen LogP contribution in [-0.2, 0) is 9.59 Å². The Balaban J connectivity index is 2.39. The minimum absolute atomic E-state index is 0.0548. The normalized spacial score (nSPS) is 10.7. The molecule has 86 valence electrons. The van der Waals surface area contributed by atoms with Gasteiger partial charge in [-0.05, 0) is 13.8 Å². The molecule has 0 saturated heterocycles. The van der Waals surface area contributed by atoms with Crippen molar-refractivity contribution in [3.05, 3.63) is 23.7 Å². The van der Waals surface area contributed by atoms with E-state index in [1.165, 1.54) is 23.5 Å². The van der Waals surface area contributed by atoms with E-state index < -0.39 is 0 Å². The highest BCUT2D eigenvalue weighted by atomic mass is 32.1. The Hall–Kier alpha value is -1.69. The molecule has 0 bridgehead atoms. The number of carbonyl (C=O) groups is 2. The second kappa shape index (κ2) is 6.02. The molecule has 1 heterocycles. The Kier molecular flexibility index (Phi) is 4.65. The molecule has 0 aliphatic heterocycles. The van der Waals surface area contributed by atoms with Gasteiger partial charge in [0.15, 0.2) is 5.13 Å². The third kappa shape index (κ3) is 4.70. The van der Waals surface area contributed by atoms with E-state index in [4.69, 9.17) is 0 Å². The highest BCUT2D eigenvalue weighted by molar-refractivity contribution is 7.13. The quantitative estimate of drug-likeness (QED) is 0.775. The molecule has 1 aromatic rings. The summed E-state index contributed by atoms with van der Waals surface area (Å²) in [5.41, 5.74) is 0. The van der Waals surface area contributed by atoms with Crippen LogP contribution >= 0.6 is 11.3 Å². The van der Waals surface area contributed by atoms with Crippen LogP contribution in [0, 0.1) is 0 Å². The molecule has 2 N–H and O–H groups in total. The van der Waals surface area contributed by atoms with Crippen molar-refractivity contribution in [1.29, 1.82) is 0 Å². The van der Waals surface area contributed by atoms with E-state index in [0.29, 0.717) is 5.13 Å². The maximum absolute atomic E-state index is 11.3. The number of anilines is 1. The molecule has 0 spiro atoms. The summed E-state index contributed by atoms with van der Waals surface area (Å²) in [6.45, 7) is 3.70. The monoisotopic (exact) mass is 239 g/mol. The standard InChI is InChI=1S/C10H13N3O2S/c1-7(2)12-8(14)3-4-9(15)13-10-11-5-6-16-10/h3-7H,1-2H3,(H,12,14)(H,11,13,15)/b4-3+. The van der Waals surface area contributed by atoms with E-state index in [1.807, 2.05) is 13.8 Å². The highest BCUT2D eigenvalue weighted by Gasteiger charge is 2.01. The number of nitrogens with zero attached hydrogens (tertiary/aromatic N) is 1. The third-order valence-electron chi connectivity index (χ3n) is 1.48. The van der Waals surface area contributed by atoms with Gasteiger partial charge >= 0.3 is 0 Å². The van der Waals surface area contributed by atoms with Crippen molar-refractivity contribution in [3.63, 3.8) is 0 Å². The number of nitrogens with one attached hydrogen (secondary N) is 2. The first kappa shape index (κ1) is 12.4. The van der Waals surface area contributed by atoms with Crippen LogP contribution in [0.25, 0.3) is 0 Å². The van der Waals surface area contributed by atoms with Crippen molar-refractivity contribution < 1.29 is 9.59 Å². The zero-order valence-electron chi connectivity index (χ0n) is 9.06. The Morgan fingerprint density at radius 1 is 1.38 bits per heavy atom. The van der Waals surface area contributed by atoms with Gasteiger partial charge in [0.1, 0.15) is 0 Å². The first-order valence-electron chi connectivity index (χ1n) is 4.77. The number of amides is 2. The molecule has 0 fully saturated rings. The summed E-state index contributed by atoms with van der Waals surface area (Å²) in [5, 5.41) is 7.44. The fourth-order valence-electron chi connectivity index (χ4n) is 0.916. The lowest BCUT2D eigenvalue weighted by atomic mass is 10.3. The van der Waals surface area contributed by atoms with Crippen molar-refractivity contribution in [2.45, 2.75) is 19.9 Å². The first-order chi connectivity index (χ1) is 7.58. The SMILES string of the molecule is CC(C)NC(=O)/C=C/C(=O)Nc1nccs1. The van der Waals surface area contributed by atoms with Gasteiger partial charge in [-0.3, -0.25) is 14.9 Å². The molecule has 1 aromatic heterocycles. The lowest BCUT2D eigenvalue weighted by Crippen LogP contribution is -2.28. The Morgan fingerprint density at radius 3 is 2.62 bits per heavy atom. The fraction of sp³-hybridized carbons (Fsp3) is 0.300. The second-order valence-corrected chi connectivity index (χ2v) is 4.22. The van der Waals surface area contributed by atoms with E-state index in [1.54, 1.807) is 11.6 Å². The van der Waals surface area contributed by atoms with Gasteiger partial charge in [0, 0.05) is 29.8 Å². The lowest BCUT2D eigenvalue weighted by Gasteiger charge is -2.03. The average Bonchev–Trinajstić information content (AvgIpc) is 2.66. The summed E-state index contributed by atoms with van der Waals surface area (Å²) >= 11 is 1.32. The van der Waals surface area contributed by atoms with Gasteiger partial charge in [0.2, 0.25) is 11.8 Å². The van der Waals surface area contributed by atoms with Crippen LogP contribution in [-0.4, -0.2) is 22.8 Å². The Bertz CT molecular complexity index is 385. The lowest BCUT2D eigenvalue weighted by molar-refractivity contribution is -0.117. The van der Waals surface area contributed by atoms with Crippen LogP contribution in [0.5, 0.6) is 0 Å². The van der Waals surface area contributed by atoms with Gasteiger partial charge in [0.05, 0.1) is 0 Å². The fourth-order valence-corrected chi connectivity index (χ4v) is 1.45. The van der Waals surface area contributed by atoms with Crippen LogP contribution in [0.4, 0.5) is 5.13 Å². The maximum Gasteiger partial charge on any atom is 0.250 e. The number of carbonyl (C=O) groups excluding carboxylic acids is 2. The summed E-state index contributed by atoms with van der Waals surface area (Å²) in [7, 11) is 0. The summed E-state index contributed by atoms with van der Waals surface area (Å²) in [6, 6.07) is 0.0548. The van der Waals surface area contributed by atoms with E-state index in [2.05, 4.69) is 15.6 Å². The molecule has 1 rings (SSSR count). The van der Waals surface area contributed by atoms with Crippen molar-refractivity contribution in [1.82, 2.24) is 10.3 Å². The molecule has 0 aliphatic carbocycles. The molecule has 2 amide bonds. The van der Waals surface area contributed by atoms with Gasteiger partial charge in [-0.1, -0.05) is 0 Å². The van der Waals surface area contributed by atoms with Crippen LogP contribution in [0.2, 0.25) is 0 Å². The van der Waals surface area contributed by atoms with Gasteiger partial charge in [-0.15, -0.1) is 11.3 Å². The summed E-state index contributed by atoms with van der Waals surface area (Å²) < 4.78 is 0. The summed E-state index contributed by atoms with van der Waals surface area (Å²) in [5.74, 6) is -0.654. The maximum atomic E-state index is 11.3. The topological polar surface area (TPSA) is 71.1 Å². The van der Waals surface area contributed by atoms with Gasteiger partial charge in [-0.25, -0.2) is 4.98 Å². The average molecular weight is 239 g/mol. The number of rotatable bonds is 4. The summed E-state index contributed by atoms with van der Waals surface area (Å²) in [4.78, 5) is 26.3. The summed E-state index contributed by atoms with van der Waals surface area (Å²) in [6.07, 6.45) is 3.97. The molecule has 6 heteroatoms. The van der Waals surface area contributed by atoms with E-state index in [0.717, 1.165) is 0 Å². The van der Waals surface area contributed by atoms with Crippen molar-refractivity contribution in [2.24, 2.45) is 0 Å². The zero-order valence-corrected chi connectivity index (χ0v) is 9.88. The number of thiazole rings is 1. The van der Waals surface area contributed by atoms with Crippen LogP contribution in [0.15, 0.2) is 23.7 Å². The number of hydrogen-bond donors (Lipinski definition) is 2. The predicted molar refractivity (Wildman–Crippen MR) is 63.2 cm³/mol. The van der Waals surface area contributed by atoms with Crippen molar-refractivity contribution >= 4 is 28.3 Å². The molecule has 0 aliphatic rings. The van der Waals surface area contributed by atoms with Crippen molar-refractivity contribution in [3.8, 4) is 0 Å². The highest BCUT2D eigenvalue weighted by Crippen LogP contribution is 2.09. The minimum atomic E-state index is -0.367. The second-order valence-electron chi connectivity index (χ2n) is 3.32. The van der Waals surface area contributed by atoms with Gasteiger partial charge < -0.3 is 5.32 Å². The van der Waals surface area contributed by atoms with Gasteiger partial charge in [-0.2, -0.15) is 0 Å². The van der Waals surface area contributed by atoms with Crippen LogP contribution in [0.3, 0.4) is 0 Å². The minimum Gasteiger partial charge on any atom is -0.350 e. The van der Waals surface area contributed by atoms with Crippen LogP contribution < -0.4 is 10.6 Å². The van der Waals surface area contributed by atoms with Gasteiger partial charge in [0.25, 0.3) is 0 Å². The molecule has 0 saturated carbocycles. The molecule has 0 aromatic carbocycles. The van der Waals surface area contributed by atoms with Crippen molar-refractivity contribution in [2.75, 3.05) is 5.32 Å². The van der Waals surface area contributed by atoms with E-state index in [-0.39, 0.29) is 17.9 Å². The largest absolute Gasteiger partial charge is 0.350 e. The molecule has 16 heavy (non-hydrogen) atoms. The Morgan fingerprint density at radius 2 is 2.06 bits per heavy atom. The Labute approximate surface area is 97.6 Å². The molecule has 0 radical (unpaired) electrons. The molecule has 5 nitrogen and oxygen atoms in total. The smallest absolute Gasteiger partial charge is 0.250 e. The zero-order chi connectivity index (χ0) is 12.0.